The van der Waals surface area contributed by atoms with Crippen molar-refractivity contribution in [2.45, 2.75) is 26.3 Å². The molecule has 1 fully saturated rings. The van der Waals surface area contributed by atoms with Crippen LogP contribution < -0.4 is 10.7 Å². The summed E-state index contributed by atoms with van der Waals surface area (Å²) in [4.78, 5) is 34.0. The lowest BCUT2D eigenvalue weighted by molar-refractivity contribution is -0.121. The normalized spacial score (nSPS) is 14.2. The molecular formula is C13H16N2O4. The average Bonchev–Trinajstić information content (AvgIpc) is 3.13. The molecule has 1 saturated carbocycles. The average molecular weight is 264 g/mol. The van der Waals surface area contributed by atoms with Crippen LogP contribution in [-0.2, 0) is 11.3 Å². The van der Waals surface area contributed by atoms with Gasteiger partial charge in [0.05, 0.1) is 0 Å². The van der Waals surface area contributed by atoms with E-state index in [1.807, 2.05) is 0 Å². The molecule has 102 valence electrons. The lowest BCUT2D eigenvalue weighted by Crippen LogP contribution is -2.31. The van der Waals surface area contributed by atoms with Gasteiger partial charge in [-0.3, -0.25) is 9.59 Å². The summed E-state index contributed by atoms with van der Waals surface area (Å²) in [5.74, 6) is -0.860. The van der Waals surface area contributed by atoms with Crippen LogP contribution in [0.2, 0.25) is 0 Å². The van der Waals surface area contributed by atoms with Crippen molar-refractivity contribution in [3.8, 4) is 0 Å². The zero-order valence-corrected chi connectivity index (χ0v) is 10.7. The number of aromatic nitrogens is 1. The Balaban J connectivity index is 2.09. The van der Waals surface area contributed by atoms with Crippen molar-refractivity contribution in [3.05, 3.63) is 33.7 Å². The van der Waals surface area contributed by atoms with Crippen LogP contribution in [0.5, 0.6) is 0 Å². The Kier molecular flexibility index (Phi) is 3.69. The molecule has 1 aromatic rings. The van der Waals surface area contributed by atoms with Gasteiger partial charge >= 0.3 is 5.97 Å². The number of carbonyl (C=O) groups is 2. The first-order valence-corrected chi connectivity index (χ1v) is 6.18. The van der Waals surface area contributed by atoms with E-state index in [1.54, 1.807) is 6.92 Å². The summed E-state index contributed by atoms with van der Waals surface area (Å²) in [6, 6.07) is 1.23. The summed E-state index contributed by atoms with van der Waals surface area (Å²) in [6.45, 7) is 2.37. The number of pyridine rings is 1. The van der Waals surface area contributed by atoms with Gasteiger partial charge in [0.2, 0.25) is 5.91 Å². The van der Waals surface area contributed by atoms with Crippen molar-refractivity contribution in [1.29, 1.82) is 0 Å². The van der Waals surface area contributed by atoms with Crippen molar-refractivity contribution in [2.75, 3.05) is 6.54 Å². The lowest BCUT2D eigenvalue weighted by Gasteiger charge is -2.11. The van der Waals surface area contributed by atoms with Gasteiger partial charge in [0.1, 0.15) is 12.1 Å². The maximum Gasteiger partial charge on any atom is 0.341 e. The molecule has 0 spiro atoms. The Bertz CT molecular complexity index is 572. The third kappa shape index (κ3) is 3.43. The van der Waals surface area contributed by atoms with E-state index in [4.69, 9.17) is 5.11 Å². The zero-order chi connectivity index (χ0) is 14.0. The molecule has 2 rings (SSSR count). The number of amides is 1. The summed E-state index contributed by atoms with van der Waals surface area (Å²) >= 11 is 0. The number of aryl methyl sites for hydroxylation is 1. The highest BCUT2D eigenvalue weighted by Gasteiger charge is 2.21. The van der Waals surface area contributed by atoms with Gasteiger partial charge in [-0.05, 0) is 25.7 Å². The second-order valence-corrected chi connectivity index (χ2v) is 4.87. The van der Waals surface area contributed by atoms with Crippen molar-refractivity contribution >= 4 is 11.9 Å². The van der Waals surface area contributed by atoms with E-state index in [9.17, 15) is 14.4 Å². The van der Waals surface area contributed by atoms with Gasteiger partial charge in [-0.25, -0.2) is 4.79 Å². The first-order valence-electron chi connectivity index (χ1n) is 6.18. The predicted octanol–water partition coefficient (Wildman–Crippen LogP) is 0.381. The topological polar surface area (TPSA) is 88.4 Å². The molecule has 0 radical (unpaired) electrons. The number of hydrogen-bond donors (Lipinski definition) is 2. The second kappa shape index (κ2) is 5.26. The molecule has 6 heteroatoms. The van der Waals surface area contributed by atoms with Crippen LogP contribution in [-0.4, -0.2) is 28.1 Å². The molecule has 0 aromatic carbocycles. The fourth-order valence-corrected chi connectivity index (χ4v) is 1.79. The van der Waals surface area contributed by atoms with Crippen LogP contribution >= 0.6 is 0 Å². The van der Waals surface area contributed by atoms with E-state index in [-0.39, 0.29) is 18.0 Å². The smallest absolute Gasteiger partial charge is 0.341 e. The maximum absolute atomic E-state index is 11.7. The molecule has 2 N–H and O–H groups in total. The number of nitrogens with one attached hydrogen (secondary N) is 1. The van der Waals surface area contributed by atoms with Gasteiger partial charge in [0.15, 0.2) is 5.43 Å². The van der Waals surface area contributed by atoms with Gasteiger partial charge < -0.3 is 15.0 Å². The van der Waals surface area contributed by atoms with Crippen LogP contribution in [0.15, 0.2) is 17.1 Å². The van der Waals surface area contributed by atoms with E-state index < -0.39 is 11.4 Å². The quantitative estimate of drug-likeness (QED) is 0.804. The number of hydrogen-bond acceptors (Lipinski definition) is 3. The minimum absolute atomic E-state index is 0.0269. The second-order valence-electron chi connectivity index (χ2n) is 4.87. The summed E-state index contributed by atoms with van der Waals surface area (Å²) in [6.07, 6.45) is 3.53. The number of carboxylic acids is 1. The molecule has 0 unspecified atom stereocenters. The number of nitrogens with zero attached hydrogens (tertiary/aromatic N) is 1. The first kappa shape index (κ1) is 13.3. The lowest BCUT2D eigenvalue weighted by atomic mass is 10.2. The Hall–Kier alpha value is -2.11. The zero-order valence-electron chi connectivity index (χ0n) is 10.7. The number of carbonyl (C=O) groups excluding carboxylic acids is 1. The summed E-state index contributed by atoms with van der Waals surface area (Å²) in [7, 11) is 0. The molecule has 0 atom stereocenters. The van der Waals surface area contributed by atoms with E-state index >= 15 is 0 Å². The Morgan fingerprint density at radius 1 is 1.47 bits per heavy atom. The Morgan fingerprint density at radius 2 is 2.16 bits per heavy atom. The van der Waals surface area contributed by atoms with Gasteiger partial charge in [-0.1, -0.05) is 0 Å². The van der Waals surface area contributed by atoms with E-state index in [2.05, 4.69) is 5.32 Å². The Labute approximate surface area is 110 Å². The highest BCUT2D eigenvalue weighted by molar-refractivity contribution is 5.87. The van der Waals surface area contributed by atoms with Gasteiger partial charge in [-0.2, -0.15) is 0 Å². The third-order valence-electron chi connectivity index (χ3n) is 3.17. The SMILES string of the molecule is Cc1cc(=O)c(C(=O)O)cn1CC(=O)NCC1CC1. The van der Waals surface area contributed by atoms with Crippen molar-refractivity contribution in [1.82, 2.24) is 9.88 Å². The van der Waals surface area contributed by atoms with Gasteiger partial charge in [0, 0.05) is 24.5 Å². The fraction of sp³-hybridized carbons (Fsp3) is 0.462. The van der Waals surface area contributed by atoms with E-state index in [0.29, 0.717) is 18.2 Å². The van der Waals surface area contributed by atoms with Crippen molar-refractivity contribution in [3.63, 3.8) is 0 Å². The minimum Gasteiger partial charge on any atom is -0.477 e. The van der Waals surface area contributed by atoms with Gasteiger partial charge in [0.25, 0.3) is 0 Å². The number of rotatable bonds is 5. The van der Waals surface area contributed by atoms with Crippen LogP contribution in [0, 0.1) is 12.8 Å². The molecule has 1 aliphatic rings. The van der Waals surface area contributed by atoms with E-state index in [1.165, 1.54) is 16.8 Å². The summed E-state index contributed by atoms with van der Waals surface area (Å²) in [5, 5.41) is 11.7. The molecule has 1 aromatic heterocycles. The fourth-order valence-electron chi connectivity index (χ4n) is 1.79. The Morgan fingerprint density at radius 3 is 2.74 bits per heavy atom. The van der Waals surface area contributed by atoms with E-state index in [0.717, 1.165) is 12.8 Å². The maximum atomic E-state index is 11.7. The third-order valence-corrected chi connectivity index (χ3v) is 3.17. The number of carboxylic acid groups (broad SMARTS) is 1. The predicted molar refractivity (Wildman–Crippen MR) is 68.1 cm³/mol. The molecule has 6 nitrogen and oxygen atoms in total. The highest BCUT2D eigenvalue weighted by atomic mass is 16.4. The van der Waals surface area contributed by atoms with Crippen LogP contribution in [0.3, 0.4) is 0 Å². The van der Waals surface area contributed by atoms with Crippen LogP contribution in [0.25, 0.3) is 0 Å². The monoisotopic (exact) mass is 264 g/mol. The number of aromatic carboxylic acids is 1. The molecule has 0 aliphatic heterocycles. The summed E-state index contributed by atoms with van der Waals surface area (Å²) in [5.41, 5.74) is -0.295. The molecule has 19 heavy (non-hydrogen) atoms. The molecule has 0 saturated heterocycles. The molecule has 1 heterocycles. The minimum atomic E-state index is -1.28. The molecule has 1 aliphatic carbocycles. The first-order chi connectivity index (χ1) is 8.97. The molecule has 1 amide bonds. The van der Waals surface area contributed by atoms with Crippen LogP contribution in [0.1, 0.15) is 28.9 Å². The standard InChI is InChI=1S/C13H16N2O4/c1-8-4-11(16)10(13(18)19)6-15(8)7-12(17)14-5-9-2-3-9/h4,6,9H,2-3,5,7H2,1H3,(H,14,17)(H,18,19). The van der Waals surface area contributed by atoms with Crippen LogP contribution in [0.4, 0.5) is 0 Å². The van der Waals surface area contributed by atoms with Crippen molar-refractivity contribution in [2.24, 2.45) is 5.92 Å². The highest BCUT2D eigenvalue weighted by Crippen LogP contribution is 2.27. The molecule has 0 bridgehead atoms. The van der Waals surface area contributed by atoms with Gasteiger partial charge in [-0.15, -0.1) is 0 Å². The van der Waals surface area contributed by atoms with Crippen molar-refractivity contribution < 1.29 is 14.7 Å². The molecular weight excluding hydrogens is 248 g/mol. The summed E-state index contributed by atoms with van der Waals surface area (Å²) < 4.78 is 1.48. The largest absolute Gasteiger partial charge is 0.477 e.